The second-order valence-electron chi connectivity index (χ2n) is 5.23. The van der Waals surface area contributed by atoms with Gasteiger partial charge in [-0.2, -0.15) is 0 Å². The van der Waals surface area contributed by atoms with Gasteiger partial charge in [-0.05, 0) is 36.4 Å². The highest BCUT2D eigenvalue weighted by atomic mass is 32.2. The van der Waals surface area contributed by atoms with Gasteiger partial charge >= 0.3 is 0 Å². The summed E-state index contributed by atoms with van der Waals surface area (Å²) in [5, 5.41) is 7.42. The van der Waals surface area contributed by atoms with Crippen molar-refractivity contribution in [2.45, 2.75) is 16.7 Å². The van der Waals surface area contributed by atoms with Crippen LogP contribution in [0.4, 0.5) is 17.1 Å². The predicted molar refractivity (Wildman–Crippen MR) is 98.6 cm³/mol. The number of anilines is 3. The molecule has 3 aromatic carbocycles. The summed E-state index contributed by atoms with van der Waals surface area (Å²) in [4.78, 5) is 13.9. The minimum Gasteiger partial charge on any atom is -0.481 e. The smallest absolute Gasteiger partial charge is 0.300 e. The normalized spacial score (nSPS) is 11.6. The molecule has 0 bridgehead atoms. The second kappa shape index (κ2) is 7.23. The van der Waals surface area contributed by atoms with Crippen LogP contribution in [0.3, 0.4) is 0 Å². The maximum absolute atomic E-state index is 9.00. The summed E-state index contributed by atoms with van der Waals surface area (Å²) in [6, 6.07) is 27.7. The number of hydrogen-bond acceptors (Lipinski definition) is 3. The molecule has 0 radical (unpaired) electrons. The van der Waals surface area contributed by atoms with Crippen molar-refractivity contribution < 1.29 is 9.90 Å². The first-order valence-electron chi connectivity index (χ1n) is 7.57. The van der Waals surface area contributed by atoms with Gasteiger partial charge in [-0.1, -0.05) is 54.2 Å². The lowest BCUT2D eigenvalue weighted by Crippen LogP contribution is -2.14. The van der Waals surface area contributed by atoms with Crippen molar-refractivity contribution in [3.8, 4) is 0 Å². The Morgan fingerprint density at radius 3 is 1.71 bits per heavy atom. The monoisotopic (exact) mass is 335 g/mol. The number of aliphatic carboxylic acids is 1. The van der Waals surface area contributed by atoms with Crippen LogP contribution in [0.15, 0.2) is 88.7 Å². The van der Waals surface area contributed by atoms with Gasteiger partial charge < -0.3 is 10.0 Å². The molecule has 0 unspecified atom stereocenters. The van der Waals surface area contributed by atoms with Gasteiger partial charge in [-0.25, -0.2) is 0 Å². The van der Waals surface area contributed by atoms with Crippen molar-refractivity contribution in [3.63, 3.8) is 0 Å². The second-order valence-corrected chi connectivity index (χ2v) is 6.31. The number of carboxylic acids is 1. The zero-order valence-corrected chi connectivity index (χ0v) is 14.0. The first kappa shape index (κ1) is 16.1. The number of hydrogen-bond donors (Lipinski definition) is 1. The molecule has 4 rings (SSSR count). The highest BCUT2D eigenvalue weighted by molar-refractivity contribution is 7.99. The topological polar surface area (TPSA) is 40.5 Å². The molecule has 4 heteroatoms. The molecule has 0 aromatic heterocycles. The number of carbonyl (C=O) groups is 1. The highest BCUT2D eigenvalue weighted by Gasteiger charge is 2.23. The SMILES string of the molecule is CC(=O)O.c1ccc(N2c3ccccc3Sc3ccccc32)cc1. The third-order valence-corrected chi connectivity index (χ3v) is 4.58. The van der Waals surface area contributed by atoms with Crippen LogP contribution in [0.2, 0.25) is 0 Å². The molecule has 0 fully saturated rings. The average Bonchev–Trinajstić information content (AvgIpc) is 2.60. The van der Waals surface area contributed by atoms with E-state index >= 15 is 0 Å². The molecule has 1 N–H and O–H groups in total. The number of nitrogens with zero attached hydrogens (tertiary/aromatic N) is 1. The van der Waals surface area contributed by atoms with Crippen LogP contribution in [-0.4, -0.2) is 11.1 Å². The summed E-state index contributed by atoms with van der Waals surface area (Å²) < 4.78 is 0. The Morgan fingerprint density at radius 2 is 1.21 bits per heavy atom. The standard InChI is InChI=1S/C18H13NS.C2H4O2/c1-2-8-14(9-3-1)19-15-10-4-6-12-17(15)20-18-13-7-5-11-16(18)19;1-2(3)4/h1-13H;1H3,(H,3,4). The number of rotatable bonds is 1. The van der Waals surface area contributed by atoms with E-state index in [0.717, 1.165) is 6.92 Å². The van der Waals surface area contributed by atoms with E-state index in [0.29, 0.717) is 0 Å². The largest absolute Gasteiger partial charge is 0.481 e. The van der Waals surface area contributed by atoms with Crippen LogP contribution in [-0.2, 0) is 4.79 Å². The van der Waals surface area contributed by atoms with Crippen LogP contribution < -0.4 is 4.90 Å². The van der Waals surface area contributed by atoms with Gasteiger partial charge in [0.05, 0.1) is 11.4 Å². The maximum atomic E-state index is 9.00. The molecule has 3 aromatic rings. The van der Waals surface area contributed by atoms with Crippen molar-refractivity contribution in [1.29, 1.82) is 0 Å². The van der Waals surface area contributed by atoms with Crippen molar-refractivity contribution >= 4 is 34.8 Å². The Kier molecular flexibility index (Phi) is 4.87. The Bertz CT molecular complexity index is 800. The molecule has 24 heavy (non-hydrogen) atoms. The molecular weight excluding hydrogens is 318 g/mol. The van der Waals surface area contributed by atoms with Crippen molar-refractivity contribution in [3.05, 3.63) is 78.9 Å². The van der Waals surface area contributed by atoms with E-state index in [2.05, 4.69) is 83.8 Å². The van der Waals surface area contributed by atoms with E-state index in [1.807, 2.05) is 11.8 Å². The predicted octanol–water partition coefficient (Wildman–Crippen LogP) is 5.71. The minimum atomic E-state index is -0.833. The maximum Gasteiger partial charge on any atom is 0.300 e. The van der Waals surface area contributed by atoms with Gasteiger partial charge in [-0.15, -0.1) is 0 Å². The Morgan fingerprint density at radius 1 is 0.792 bits per heavy atom. The molecule has 0 spiro atoms. The van der Waals surface area contributed by atoms with Crippen LogP contribution in [0.25, 0.3) is 0 Å². The summed E-state index contributed by atoms with van der Waals surface area (Å²) in [5.41, 5.74) is 3.71. The molecule has 1 aliphatic heterocycles. The molecule has 0 aliphatic carbocycles. The molecule has 1 aliphatic rings. The lowest BCUT2D eigenvalue weighted by molar-refractivity contribution is -0.134. The Balaban J connectivity index is 0.000000383. The molecule has 0 amide bonds. The van der Waals surface area contributed by atoms with E-state index in [1.54, 1.807) is 0 Å². The van der Waals surface area contributed by atoms with Crippen molar-refractivity contribution in [1.82, 2.24) is 0 Å². The highest BCUT2D eigenvalue weighted by Crippen LogP contribution is 2.50. The molecule has 3 nitrogen and oxygen atoms in total. The average molecular weight is 335 g/mol. The summed E-state index contributed by atoms with van der Waals surface area (Å²) >= 11 is 1.84. The Hall–Kier alpha value is -2.72. The van der Waals surface area contributed by atoms with Gasteiger partial charge in [0, 0.05) is 22.4 Å². The van der Waals surface area contributed by atoms with E-state index in [-0.39, 0.29) is 0 Å². The van der Waals surface area contributed by atoms with Crippen LogP contribution in [0, 0.1) is 0 Å². The van der Waals surface area contributed by atoms with E-state index < -0.39 is 5.97 Å². The van der Waals surface area contributed by atoms with E-state index in [4.69, 9.17) is 9.90 Å². The molecular formula is C20H17NO2S. The first-order chi connectivity index (χ1) is 11.7. The number of para-hydroxylation sites is 3. The molecule has 120 valence electrons. The van der Waals surface area contributed by atoms with Crippen LogP contribution >= 0.6 is 11.8 Å². The van der Waals surface area contributed by atoms with Gasteiger partial charge in [0.15, 0.2) is 0 Å². The van der Waals surface area contributed by atoms with Crippen LogP contribution in [0.5, 0.6) is 0 Å². The summed E-state index contributed by atoms with van der Waals surface area (Å²) in [6.45, 7) is 1.08. The van der Waals surface area contributed by atoms with Gasteiger partial charge in [0.2, 0.25) is 0 Å². The lowest BCUT2D eigenvalue weighted by Gasteiger charge is -2.32. The number of fused-ring (bicyclic) bond motifs is 2. The lowest BCUT2D eigenvalue weighted by atomic mass is 10.2. The zero-order chi connectivity index (χ0) is 16.9. The summed E-state index contributed by atoms with van der Waals surface area (Å²) in [7, 11) is 0. The molecule has 0 atom stereocenters. The zero-order valence-electron chi connectivity index (χ0n) is 13.2. The molecule has 0 saturated carbocycles. The Labute approximate surface area is 145 Å². The quantitative estimate of drug-likeness (QED) is 0.483. The first-order valence-corrected chi connectivity index (χ1v) is 8.39. The third kappa shape index (κ3) is 3.44. The van der Waals surface area contributed by atoms with Crippen LogP contribution in [0.1, 0.15) is 6.92 Å². The minimum absolute atomic E-state index is 0.833. The number of carboxylic acid groups (broad SMARTS) is 1. The molecule has 0 saturated heterocycles. The molecule has 1 heterocycles. The van der Waals surface area contributed by atoms with Gasteiger partial charge in [-0.3, -0.25) is 4.79 Å². The fraction of sp³-hybridized carbons (Fsp3) is 0.0500. The van der Waals surface area contributed by atoms with Gasteiger partial charge in [0.25, 0.3) is 5.97 Å². The fourth-order valence-electron chi connectivity index (χ4n) is 2.56. The van der Waals surface area contributed by atoms with Crippen molar-refractivity contribution in [2.24, 2.45) is 0 Å². The number of benzene rings is 3. The summed E-state index contributed by atoms with van der Waals surface area (Å²) in [6.07, 6.45) is 0. The summed E-state index contributed by atoms with van der Waals surface area (Å²) in [5.74, 6) is -0.833. The third-order valence-electron chi connectivity index (χ3n) is 3.45. The van der Waals surface area contributed by atoms with E-state index in [9.17, 15) is 0 Å². The van der Waals surface area contributed by atoms with Crippen molar-refractivity contribution in [2.75, 3.05) is 4.90 Å². The van der Waals surface area contributed by atoms with E-state index in [1.165, 1.54) is 26.9 Å². The fourth-order valence-corrected chi connectivity index (χ4v) is 3.62. The van der Waals surface area contributed by atoms with Gasteiger partial charge in [0.1, 0.15) is 0 Å².